The minimum atomic E-state index is -0.100. The molecule has 0 aliphatic heterocycles. The number of nitrogens with two attached hydrogens (primary N) is 1. The molecule has 1 aromatic carbocycles. The van der Waals surface area contributed by atoms with E-state index in [-0.39, 0.29) is 10.7 Å². The molecule has 2 aromatic rings. The largest absolute Gasteiger partial charge is 0.376 e. The van der Waals surface area contributed by atoms with Gasteiger partial charge in [-0.1, -0.05) is 0 Å². The summed E-state index contributed by atoms with van der Waals surface area (Å²) in [5, 5.41) is 3.48. The summed E-state index contributed by atoms with van der Waals surface area (Å²) in [6.07, 6.45) is 1.49. The van der Waals surface area contributed by atoms with Crippen LogP contribution in [0.25, 0.3) is 10.9 Å². The third-order valence-corrected chi connectivity index (χ3v) is 2.29. The van der Waals surface area contributed by atoms with Crippen LogP contribution in [0.15, 0.2) is 29.3 Å². The second-order valence-electron chi connectivity index (χ2n) is 3.38. The van der Waals surface area contributed by atoms with Crippen LogP contribution >= 0.6 is 12.2 Å². The van der Waals surface area contributed by atoms with Gasteiger partial charge in [0, 0.05) is 12.7 Å². The first kappa shape index (κ1) is 10.6. The average molecular weight is 234 g/mol. The summed E-state index contributed by atoms with van der Waals surface area (Å²) in [4.78, 5) is 15.9. The van der Waals surface area contributed by atoms with Crippen molar-refractivity contribution in [3.05, 3.63) is 34.9 Å². The topological polar surface area (TPSA) is 72.9 Å². The zero-order valence-corrected chi connectivity index (χ0v) is 9.41. The molecule has 6 heteroatoms. The predicted molar refractivity (Wildman–Crippen MR) is 67.4 cm³/mol. The predicted octanol–water partition coefficient (Wildman–Crippen LogP) is 0.589. The highest BCUT2D eigenvalue weighted by Gasteiger charge is 2.03. The number of nitrogens with one attached hydrogen (secondary N) is 1. The summed E-state index contributed by atoms with van der Waals surface area (Å²) >= 11 is 4.73. The minimum absolute atomic E-state index is 0.100. The number of benzene rings is 1. The Bertz CT molecular complexity index is 620. The van der Waals surface area contributed by atoms with E-state index in [2.05, 4.69) is 10.3 Å². The van der Waals surface area contributed by atoms with Crippen molar-refractivity contribution in [2.45, 2.75) is 0 Å². The van der Waals surface area contributed by atoms with E-state index in [1.165, 1.54) is 10.9 Å². The molecular formula is C10H10N4OS. The second-order valence-corrected chi connectivity index (χ2v) is 3.82. The van der Waals surface area contributed by atoms with Gasteiger partial charge < -0.3 is 15.6 Å². The summed E-state index contributed by atoms with van der Waals surface area (Å²) in [7, 11) is 1.66. The van der Waals surface area contributed by atoms with Gasteiger partial charge in [-0.25, -0.2) is 4.98 Å². The van der Waals surface area contributed by atoms with Crippen molar-refractivity contribution >= 4 is 33.9 Å². The molecule has 0 saturated heterocycles. The second kappa shape index (κ2) is 3.90. The van der Waals surface area contributed by atoms with Gasteiger partial charge >= 0.3 is 0 Å². The number of anilines is 1. The average Bonchev–Trinajstić information content (AvgIpc) is 2.23. The summed E-state index contributed by atoms with van der Waals surface area (Å²) in [6, 6.07) is 5.20. The monoisotopic (exact) mass is 234 g/mol. The van der Waals surface area contributed by atoms with E-state index in [0.717, 1.165) is 0 Å². The highest BCUT2D eigenvalue weighted by molar-refractivity contribution is 7.80. The van der Waals surface area contributed by atoms with E-state index in [1.807, 2.05) is 0 Å². The molecule has 5 nitrogen and oxygen atoms in total. The van der Waals surface area contributed by atoms with Crippen molar-refractivity contribution < 1.29 is 0 Å². The van der Waals surface area contributed by atoms with Crippen LogP contribution in [-0.2, 0) is 7.05 Å². The quantitative estimate of drug-likeness (QED) is 0.706. The Labute approximate surface area is 96.9 Å². The number of thiocarbonyl (C=S) groups is 1. The van der Waals surface area contributed by atoms with Gasteiger partial charge in [-0.2, -0.15) is 0 Å². The molecule has 0 fully saturated rings. The molecule has 0 radical (unpaired) electrons. The van der Waals surface area contributed by atoms with Crippen molar-refractivity contribution in [3.63, 3.8) is 0 Å². The molecule has 0 aliphatic rings. The number of nitrogens with zero attached hydrogens (tertiary/aromatic N) is 2. The Kier molecular flexibility index (Phi) is 2.57. The van der Waals surface area contributed by atoms with Crippen LogP contribution in [0.3, 0.4) is 0 Å². The van der Waals surface area contributed by atoms with E-state index in [4.69, 9.17) is 18.0 Å². The Morgan fingerprint density at radius 2 is 2.31 bits per heavy atom. The molecule has 0 amide bonds. The van der Waals surface area contributed by atoms with Gasteiger partial charge in [-0.05, 0) is 30.4 Å². The Morgan fingerprint density at radius 3 is 3.00 bits per heavy atom. The molecular weight excluding hydrogens is 224 g/mol. The van der Waals surface area contributed by atoms with Gasteiger partial charge in [0.25, 0.3) is 5.56 Å². The SMILES string of the molecule is Cn1cnc2ccc(NC(N)=S)cc2c1=O. The number of aromatic nitrogens is 2. The lowest BCUT2D eigenvalue weighted by Crippen LogP contribution is -2.20. The normalized spacial score (nSPS) is 10.3. The van der Waals surface area contributed by atoms with E-state index in [1.54, 1.807) is 25.2 Å². The number of rotatable bonds is 1. The van der Waals surface area contributed by atoms with Crippen LogP contribution < -0.4 is 16.6 Å². The van der Waals surface area contributed by atoms with Crippen molar-refractivity contribution in [2.75, 3.05) is 5.32 Å². The van der Waals surface area contributed by atoms with E-state index >= 15 is 0 Å². The number of hydrogen-bond acceptors (Lipinski definition) is 3. The third kappa shape index (κ3) is 1.87. The minimum Gasteiger partial charge on any atom is -0.376 e. The lowest BCUT2D eigenvalue weighted by Gasteiger charge is -2.05. The van der Waals surface area contributed by atoms with E-state index in [9.17, 15) is 4.79 Å². The zero-order chi connectivity index (χ0) is 11.7. The lowest BCUT2D eigenvalue weighted by molar-refractivity contribution is 0.843. The number of fused-ring (bicyclic) bond motifs is 1. The zero-order valence-electron chi connectivity index (χ0n) is 8.60. The molecule has 0 bridgehead atoms. The van der Waals surface area contributed by atoms with Crippen molar-refractivity contribution in [2.24, 2.45) is 12.8 Å². The fourth-order valence-electron chi connectivity index (χ4n) is 1.43. The molecule has 3 N–H and O–H groups in total. The highest BCUT2D eigenvalue weighted by Crippen LogP contribution is 2.13. The van der Waals surface area contributed by atoms with Crippen LogP contribution in [0, 0.1) is 0 Å². The van der Waals surface area contributed by atoms with Gasteiger partial charge in [-0.15, -0.1) is 0 Å². The Morgan fingerprint density at radius 1 is 1.56 bits per heavy atom. The number of hydrogen-bond donors (Lipinski definition) is 2. The fraction of sp³-hybridized carbons (Fsp3) is 0.100. The van der Waals surface area contributed by atoms with E-state index < -0.39 is 0 Å². The standard InChI is InChI=1S/C10H10N4OS/c1-14-5-12-8-3-2-6(13-10(11)16)4-7(8)9(14)15/h2-5H,1H3,(H3,11,13,16). The van der Waals surface area contributed by atoms with Crippen LogP contribution in [0.1, 0.15) is 0 Å². The van der Waals surface area contributed by atoms with Gasteiger partial charge in [0.1, 0.15) is 0 Å². The van der Waals surface area contributed by atoms with Crippen LogP contribution in [0.2, 0.25) is 0 Å². The van der Waals surface area contributed by atoms with Crippen LogP contribution in [0.4, 0.5) is 5.69 Å². The molecule has 2 rings (SSSR count). The van der Waals surface area contributed by atoms with Gasteiger partial charge in [0.05, 0.1) is 17.2 Å². The summed E-state index contributed by atoms with van der Waals surface area (Å²) in [5.74, 6) is 0. The number of aryl methyl sites for hydroxylation is 1. The van der Waals surface area contributed by atoms with Crippen LogP contribution in [-0.4, -0.2) is 14.7 Å². The molecule has 0 unspecified atom stereocenters. The highest BCUT2D eigenvalue weighted by atomic mass is 32.1. The molecule has 0 atom stereocenters. The van der Waals surface area contributed by atoms with Crippen molar-refractivity contribution in [1.82, 2.24) is 9.55 Å². The molecule has 0 saturated carbocycles. The third-order valence-electron chi connectivity index (χ3n) is 2.18. The Balaban J connectivity index is 2.64. The van der Waals surface area contributed by atoms with Gasteiger partial charge in [0.2, 0.25) is 0 Å². The molecule has 1 heterocycles. The van der Waals surface area contributed by atoms with Crippen molar-refractivity contribution in [1.29, 1.82) is 0 Å². The molecule has 0 spiro atoms. The smallest absolute Gasteiger partial charge is 0.260 e. The maximum Gasteiger partial charge on any atom is 0.260 e. The first-order valence-corrected chi connectivity index (χ1v) is 5.00. The van der Waals surface area contributed by atoms with Gasteiger partial charge in [0.15, 0.2) is 5.11 Å². The maximum atomic E-state index is 11.8. The Hall–Kier alpha value is -1.95. The van der Waals surface area contributed by atoms with Gasteiger partial charge in [-0.3, -0.25) is 4.79 Å². The molecule has 0 aliphatic carbocycles. The molecule has 16 heavy (non-hydrogen) atoms. The summed E-state index contributed by atoms with van der Waals surface area (Å²) in [6.45, 7) is 0. The molecule has 1 aromatic heterocycles. The first-order valence-electron chi connectivity index (χ1n) is 4.60. The molecule has 82 valence electrons. The maximum absolute atomic E-state index is 11.8. The fourth-order valence-corrected chi connectivity index (χ4v) is 1.55. The summed E-state index contributed by atoms with van der Waals surface area (Å²) in [5.41, 5.74) is 6.59. The lowest BCUT2D eigenvalue weighted by atomic mass is 10.2. The van der Waals surface area contributed by atoms with Crippen LogP contribution in [0.5, 0.6) is 0 Å². The van der Waals surface area contributed by atoms with Crippen molar-refractivity contribution in [3.8, 4) is 0 Å². The first-order chi connectivity index (χ1) is 7.58. The summed E-state index contributed by atoms with van der Waals surface area (Å²) < 4.78 is 1.42. The van der Waals surface area contributed by atoms with E-state index in [0.29, 0.717) is 16.6 Å².